The monoisotopic (exact) mass is 402 g/mol. The van der Waals surface area contributed by atoms with Crippen molar-refractivity contribution in [3.05, 3.63) is 77.9 Å². The maximum Gasteiger partial charge on any atom is 0.141 e. The summed E-state index contributed by atoms with van der Waals surface area (Å²) in [5.41, 5.74) is 5.80. The van der Waals surface area contributed by atoms with Crippen molar-refractivity contribution in [2.45, 2.75) is 31.7 Å². The molecular formula is C25H26N2OS. The van der Waals surface area contributed by atoms with Crippen molar-refractivity contribution in [3.8, 4) is 17.1 Å². The molecule has 29 heavy (non-hydrogen) atoms. The molecule has 0 saturated heterocycles. The second-order valence-corrected chi connectivity index (χ2v) is 8.41. The molecule has 1 aromatic heterocycles. The van der Waals surface area contributed by atoms with E-state index < -0.39 is 0 Å². The normalized spacial score (nSPS) is 11.1. The molecule has 0 fully saturated rings. The molecule has 0 unspecified atom stereocenters. The average molecular weight is 403 g/mol. The van der Waals surface area contributed by atoms with Crippen LogP contribution < -0.4 is 4.74 Å². The van der Waals surface area contributed by atoms with E-state index >= 15 is 0 Å². The lowest BCUT2D eigenvalue weighted by Gasteiger charge is -2.11. The van der Waals surface area contributed by atoms with E-state index in [1.54, 1.807) is 7.11 Å². The summed E-state index contributed by atoms with van der Waals surface area (Å²) < 4.78 is 7.77. The van der Waals surface area contributed by atoms with Crippen molar-refractivity contribution < 1.29 is 4.74 Å². The van der Waals surface area contributed by atoms with Gasteiger partial charge in [0.2, 0.25) is 0 Å². The Hall–Kier alpha value is -2.72. The number of imidazole rings is 1. The molecule has 148 valence electrons. The predicted molar refractivity (Wildman–Crippen MR) is 123 cm³/mol. The summed E-state index contributed by atoms with van der Waals surface area (Å²) in [5.74, 6) is 2.94. The zero-order chi connectivity index (χ0) is 20.2. The van der Waals surface area contributed by atoms with Gasteiger partial charge in [0.05, 0.1) is 18.1 Å². The molecule has 0 spiro atoms. The molecule has 0 bridgehead atoms. The molecule has 0 aliphatic carbocycles. The Labute approximate surface area is 176 Å². The number of thioether (sulfide) groups is 1. The number of hydrogen-bond acceptors (Lipinski definition) is 3. The molecule has 0 saturated carbocycles. The number of fused-ring (bicyclic) bond motifs is 1. The highest BCUT2D eigenvalue weighted by Crippen LogP contribution is 2.31. The van der Waals surface area contributed by atoms with E-state index in [0.29, 0.717) is 0 Å². The summed E-state index contributed by atoms with van der Waals surface area (Å²) >= 11 is 1.90. The zero-order valence-electron chi connectivity index (χ0n) is 17.2. The fraction of sp³-hybridized carbons (Fsp3) is 0.240. The molecular weight excluding hydrogens is 376 g/mol. The minimum atomic E-state index is 0.783. The zero-order valence-corrected chi connectivity index (χ0v) is 18.0. The number of aromatic nitrogens is 2. The highest BCUT2D eigenvalue weighted by atomic mass is 32.2. The second-order valence-electron chi connectivity index (χ2n) is 7.24. The standard InChI is InChI=1S/C25H26N2OS/c1-4-14-29-22-12-13-23-24(16-22)27(17-19-10-8-18(2)9-11-19)25(26-23)20-6-5-7-21(15-20)28-3/h5-13,15-16H,4,14,17H2,1-3H3. The van der Waals surface area contributed by atoms with Crippen LogP contribution in [0.2, 0.25) is 0 Å². The average Bonchev–Trinajstić information content (AvgIpc) is 3.11. The molecule has 4 aromatic rings. The van der Waals surface area contributed by atoms with Crippen LogP contribution in [0.3, 0.4) is 0 Å². The fourth-order valence-corrected chi connectivity index (χ4v) is 4.23. The quantitative estimate of drug-likeness (QED) is 0.327. The molecule has 0 amide bonds. The first kappa shape index (κ1) is 19.6. The van der Waals surface area contributed by atoms with Crippen molar-refractivity contribution in [3.63, 3.8) is 0 Å². The molecule has 0 aliphatic rings. The van der Waals surface area contributed by atoms with E-state index in [1.165, 1.54) is 28.0 Å². The van der Waals surface area contributed by atoms with Gasteiger partial charge in [0.25, 0.3) is 0 Å². The molecule has 0 radical (unpaired) electrons. The summed E-state index contributed by atoms with van der Waals surface area (Å²) in [4.78, 5) is 6.28. The van der Waals surface area contributed by atoms with Gasteiger partial charge in [0.15, 0.2) is 0 Å². The van der Waals surface area contributed by atoms with Crippen LogP contribution in [0.25, 0.3) is 22.4 Å². The number of hydrogen-bond donors (Lipinski definition) is 0. The van der Waals surface area contributed by atoms with Gasteiger partial charge < -0.3 is 9.30 Å². The van der Waals surface area contributed by atoms with Crippen molar-refractivity contribution in [2.75, 3.05) is 12.9 Å². The van der Waals surface area contributed by atoms with Crippen LogP contribution in [-0.2, 0) is 6.54 Å². The number of nitrogens with zero attached hydrogens (tertiary/aromatic N) is 2. The number of ether oxygens (including phenoxy) is 1. The van der Waals surface area contributed by atoms with Crippen molar-refractivity contribution in [2.24, 2.45) is 0 Å². The maximum absolute atomic E-state index is 5.44. The third-order valence-electron chi connectivity index (χ3n) is 4.98. The van der Waals surface area contributed by atoms with Crippen molar-refractivity contribution >= 4 is 22.8 Å². The predicted octanol–water partition coefficient (Wildman–Crippen LogP) is 6.57. The lowest BCUT2D eigenvalue weighted by Crippen LogP contribution is -2.02. The Morgan fingerprint density at radius 2 is 1.83 bits per heavy atom. The third kappa shape index (κ3) is 4.33. The minimum Gasteiger partial charge on any atom is -0.497 e. The van der Waals surface area contributed by atoms with Gasteiger partial charge in [0.1, 0.15) is 11.6 Å². The van der Waals surface area contributed by atoms with Crippen LogP contribution in [-0.4, -0.2) is 22.4 Å². The molecule has 3 aromatic carbocycles. The van der Waals surface area contributed by atoms with Gasteiger partial charge in [-0.3, -0.25) is 0 Å². The Morgan fingerprint density at radius 3 is 2.59 bits per heavy atom. The summed E-state index contributed by atoms with van der Waals surface area (Å²) in [7, 11) is 1.70. The molecule has 0 N–H and O–H groups in total. The summed E-state index contributed by atoms with van der Waals surface area (Å²) in [6, 6.07) is 23.5. The molecule has 0 aliphatic heterocycles. The van der Waals surface area contributed by atoms with E-state index in [0.717, 1.165) is 35.0 Å². The van der Waals surface area contributed by atoms with Crippen LogP contribution in [0, 0.1) is 6.92 Å². The van der Waals surface area contributed by atoms with Gasteiger partial charge in [-0.05, 0) is 55.0 Å². The van der Waals surface area contributed by atoms with Crippen LogP contribution in [0.5, 0.6) is 5.75 Å². The van der Waals surface area contributed by atoms with Crippen molar-refractivity contribution in [1.82, 2.24) is 9.55 Å². The third-order valence-corrected chi connectivity index (χ3v) is 6.18. The molecule has 0 atom stereocenters. The van der Waals surface area contributed by atoms with Crippen LogP contribution in [0.4, 0.5) is 0 Å². The number of benzene rings is 3. The van der Waals surface area contributed by atoms with Gasteiger partial charge in [-0.25, -0.2) is 4.98 Å². The summed E-state index contributed by atoms with van der Waals surface area (Å²) in [6.07, 6.45) is 1.17. The summed E-state index contributed by atoms with van der Waals surface area (Å²) in [6.45, 7) is 5.12. The van der Waals surface area contributed by atoms with E-state index in [1.807, 2.05) is 23.9 Å². The van der Waals surface area contributed by atoms with Gasteiger partial charge in [0, 0.05) is 17.0 Å². The largest absolute Gasteiger partial charge is 0.497 e. The molecule has 3 nitrogen and oxygen atoms in total. The Kier molecular flexibility index (Phi) is 5.91. The number of rotatable bonds is 7. The molecule has 1 heterocycles. The maximum atomic E-state index is 5.44. The van der Waals surface area contributed by atoms with Crippen LogP contribution in [0.1, 0.15) is 24.5 Å². The highest BCUT2D eigenvalue weighted by molar-refractivity contribution is 7.99. The fourth-order valence-electron chi connectivity index (χ4n) is 3.43. The second kappa shape index (κ2) is 8.75. The van der Waals surface area contributed by atoms with Gasteiger partial charge >= 0.3 is 0 Å². The van der Waals surface area contributed by atoms with E-state index in [9.17, 15) is 0 Å². The van der Waals surface area contributed by atoms with E-state index in [-0.39, 0.29) is 0 Å². The van der Waals surface area contributed by atoms with Gasteiger partial charge in [-0.15, -0.1) is 11.8 Å². The minimum absolute atomic E-state index is 0.783. The Balaban J connectivity index is 1.85. The Morgan fingerprint density at radius 1 is 1.00 bits per heavy atom. The molecule has 4 rings (SSSR count). The summed E-state index contributed by atoms with van der Waals surface area (Å²) in [5, 5.41) is 0. The first-order chi connectivity index (χ1) is 14.2. The number of methoxy groups -OCH3 is 1. The molecule has 4 heteroatoms. The smallest absolute Gasteiger partial charge is 0.141 e. The Bertz CT molecular complexity index is 1120. The highest BCUT2D eigenvalue weighted by Gasteiger charge is 2.14. The SMILES string of the molecule is CCCSc1ccc2nc(-c3cccc(OC)c3)n(Cc3ccc(C)cc3)c2c1. The topological polar surface area (TPSA) is 27.1 Å². The van der Waals surface area contributed by atoms with Crippen molar-refractivity contribution in [1.29, 1.82) is 0 Å². The first-order valence-corrected chi connectivity index (χ1v) is 11.0. The van der Waals surface area contributed by atoms with Gasteiger partial charge in [-0.1, -0.05) is 48.9 Å². The van der Waals surface area contributed by atoms with Crippen LogP contribution in [0.15, 0.2) is 71.6 Å². The van der Waals surface area contributed by atoms with E-state index in [2.05, 4.69) is 73.0 Å². The van der Waals surface area contributed by atoms with E-state index in [4.69, 9.17) is 9.72 Å². The number of aryl methyl sites for hydroxylation is 1. The van der Waals surface area contributed by atoms with Crippen LogP contribution >= 0.6 is 11.8 Å². The van der Waals surface area contributed by atoms with Gasteiger partial charge in [-0.2, -0.15) is 0 Å². The first-order valence-electron chi connectivity index (χ1n) is 10.0. The lowest BCUT2D eigenvalue weighted by atomic mass is 10.1. The lowest BCUT2D eigenvalue weighted by molar-refractivity contribution is 0.415.